The summed E-state index contributed by atoms with van der Waals surface area (Å²) in [5.74, 6) is 0.679. The minimum Gasteiger partial charge on any atom is -0.350 e. The van der Waals surface area contributed by atoms with Crippen LogP contribution >= 0.6 is 0 Å². The Morgan fingerprint density at radius 2 is 1.82 bits per heavy atom. The van der Waals surface area contributed by atoms with Gasteiger partial charge in [-0.2, -0.15) is 0 Å². The summed E-state index contributed by atoms with van der Waals surface area (Å²) in [5.41, 5.74) is 4.64. The molecule has 142 valence electrons. The standard InChI is InChI=1S/C21H23N7/c1-22-14-4-6-15(7-5-14)25-21-24-13-20-16(10-12-28(20)27-21)17-8-9-18-19(26-17)3-2-11-23-18/h2-3,8-15,22H,4-7H2,1H3,(H,25,27)/t14-,15-. The van der Waals surface area contributed by atoms with Gasteiger partial charge in [-0.3, -0.25) is 4.98 Å². The number of aromatic nitrogens is 5. The zero-order valence-electron chi connectivity index (χ0n) is 15.8. The molecule has 4 heterocycles. The smallest absolute Gasteiger partial charge is 0.241 e. The van der Waals surface area contributed by atoms with Crippen molar-refractivity contribution in [1.29, 1.82) is 0 Å². The predicted molar refractivity (Wildman–Crippen MR) is 110 cm³/mol. The summed E-state index contributed by atoms with van der Waals surface area (Å²) in [6, 6.07) is 11.0. The normalized spacial score (nSPS) is 19.9. The Bertz CT molecular complexity index is 1110. The van der Waals surface area contributed by atoms with Crippen molar-refractivity contribution in [2.45, 2.75) is 37.8 Å². The first-order valence-electron chi connectivity index (χ1n) is 9.80. The molecule has 1 fully saturated rings. The molecule has 4 aromatic heterocycles. The Morgan fingerprint density at radius 3 is 2.68 bits per heavy atom. The van der Waals surface area contributed by atoms with Crippen molar-refractivity contribution in [3.8, 4) is 11.3 Å². The first-order chi connectivity index (χ1) is 13.8. The zero-order chi connectivity index (χ0) is 18.9. The molecule has 5 rings (SSSR count). The lowest BCUT2D eigenvalue weighted by Crippen LogP contribution is -2.35. The molecule has 1 aliphatic carbocycles. The Kier molecular flexibility index (Phi) is 4.37. The molecule has 0 amide bonds. The molecule has 4 aromatic rings. The van der Waals surface area contributed by atoms with Crippen LogP contribution in [0.15, 0.2) is 48.9 Å². The van der Waals surface area contributed by atoms with Crippen molar-refractivity contribution < 1.29 is 0 Å². The molecule has 28 heavy (non-hydrogen) atoms. The van der Waals surface area contributed by atoms with Crippen LogP contribution in [0.25, 0.3) is 27.8 Å². The average Bonchev–Trinajstić information content (AvgIpc) is 3.17. The second-order valence-corrected chi connectivity index (χ2v) is 7.36. The molecule has 0 aromatic carbocycles. The van der Waals surface area contributed by atoms with Crippen LogP contribution in [0.2, 0.25) is 0 Å². The molecule has 0 atom stereocenters. The van der Waals surface area contributed by atoms with Gasteiger partial charge < -0.3 is 10.6 Å². The fourth-order valence-corrected chi connectivity index (χ4v) is 4.00. The van der Waals surface area contributed by atoms with Crippen molar-refractivity contribution in [1.82, 2.24) is 29.9 Å². The molecule has 2 N–H and O–H groups in total. The molecule has 0 bridgehead atoms. The van der Waals surface area contributed by atoms with Crippen LogP contribution < -0.4 is 10.6 Å². The highest BCUT2D eigenvalue weighted by Crippen LogP contribution is 2.26. The average molecular weight is 373 g/mol. The zero-order valence-corrected chi connectivity index (χ0v) is 15.8. The molecule has 1 aliphatic rings. The van der Waals surface area contributed by atoms with Crippen LogP contribution in [0.1, 0.15) is 25.7 Å². The molecule has 0 aliphatic heterocycles. The van der Waals surface area contributed by atoms with E-state index in [4.69, 9.17) is 4.98 Å². The van der Waals surface area contributed by atoms with Crippen molar-refractivity contribution in [2.24, 2.45) is 0 Å². The van der Waals surface area contributed by atoms with Gasteiger partial charge >= 0.3 is 0 Å². The minimum atomic E-state index is 0.437. The third kappa shape index (κ3) is 3.18. The predicted octanol–water partition coefficient (Wildman–Crippen LogP) is 3.28. The van der Waals surface area contributed by atoms with Crippen molar-refractivity contribution in [3.63, 3.8) is 0 Å². The van der Waals surface area contributed by atoms with E-state index in [1.807, 2.05) is 54.3 Å². The quantitative estimate of drug-likeness (QED) is 0.571. The van der Waals surface area contributed by atoms with Crippen molar-refractivity contribution >= 4 is 22.5 Å². The highest BCUT2D eigenvalue weighted by molar-refractivity contribution is 5.83. The van der Waals surface area contributed by atoms with E-state index in [1.54, 1.807) is 6.20 Å². The third-order valence-corrected chi connectivity index (χ3v) is 5.62. The van der Waals surface area contributed by atoms with Crippen LogP contribution in [0.5, 0.6) is 0 Å². The number of nitrogens with one attached hydrogen (secondary N) is 2. The van der Waals surface area contributed by atoms with E-state index < -0.39 is 0 Å². The van der Waals surface area contributed by atoms with Gasteiger partial charge in [-0.25, -0.2) is 14.5 Å². The molecule has 7 heteroatoms. The summed E-state index contributed by atoms with van der Waals surface area (Å²) in [5, 5.41) is 11.5. The Labute approximate surface area is 163 Å². The van der Waals surface area contributed by atoms with Gasteiger partial charge in [-0.05, 0) is 63.1 Å². The van der Waals surface area contributed by atoms with Gasteiger partial charge in [0.2, 0.25) is 5.95 Å². The summed E-state index contributed by atoms with van der Waals surface area (Å²) < 4.78 is 1.87. The minimum absolute atomic E-state index is 0.437. The Hall–Kier alpha value is -3.06. The van der Waals surface area contributed by atoms with E-state index >= 15 is 0 Å². The van der Waals surface area contributed by atoms with E-state index in [2.05, 4.69) is 25.7 Å². The van der Waals surface area contributed by atoms with Crippen LogP contribution in [0.3, 0.4) is 0 Å². The third-order valence-electron chi connectivity index (χ3n) is 5.62. The van der Waals surface area contributed by atoms with Gasteiger partial charge in [-0.15, -0.1) is 5.10 Å². The molecule has 0 spiro atoms. The fraction of sp³-hybridized carbons (Fsp3) is 0.333. The van der Waals surface area contributed by atoms with Gasteiger partial charge in [0.1, 0.15) is 0 Å². The summed E-state index contributed by atoms with van der Waals surface area (Å²) in [6.45, 7) is 0. The molecular formula is C21H23N7. The highest BCUT2D eigenvalue weighted by atomic mass is 15.3. The van der Waals surface area contributed by atoms with E-state index in [0.29, 0.717) is 18.0 Å². The van der Waals surface area contributed by atoms with Crippen molar-refractivity contribution in [2.75, 3.05) is 12.4 Å². The lowest BCUT2D eigenvalue weighted by Gasteiger charge is -2.28. The first-order valence-corrected chi connectivity index (χ1v) is 9.80. The summed E-state index contributed by atoms with van der Waals surface area (Å²) >= 11 is 0. The highest BCUT2D eigenvalue weighted by Gasteiger charge is 2.20. The fourth-order valence-electron chi connectivity index (χ4n) is 4.00. The topological polar surface area (TPSA) is 80.0 Å². The maximum absolute atomic E-state index is 4.75. The number of fused-ring (bicyclic) bond motifs is 2. The second-order valence-electron chi connectivity index (χ2n) is 7.36. The summed E-state index contributed by atoms with van der Waals surface area (Å²) in [4.78, 5) is 13.6. The van der Waals surface area contributed by atoms with Crippen LogP contribution in [0.4, 0.5) is 5.95 Å². The van der Waals surface area contributed by atoms with Crippen LogP contribution in [-0.4, -0.2) is 43.7 Å². The Balaban J connectivity index is 1.40. The Morgan fingerprint density at radius 1 is 0.964 bits per heavy atom. The number of anilines is 1. The van der Waals surface area contributed by atoms with Crippen LogP contribution in [-0.2, 0) is 0 Å². The number of hydrogen-bond donors (Lipinski definition) is 2. The van der Waals surface area contributed by atoms with E-state index in [1.165, 1.54) is 12.8 Å². The van der Waals surface area contributed by atoms with Gasteiger partial charge in [0, 0.05) is 30.0 Å². The molecule has 0 radical (unpaired) electrons. The largest absolute Gasteiger partial charge is 0.350 e. The second kappa shape index (κ2) is 7.16. The molecular weight excluding hydrogens is 350 g/mol. The van der Waals surface area contributed by atoms with Crippen molar-refractivity contribution in [3.05, 3.63) is 48.9 Å². The maximum atomic E-state index is 4.75. The lowest BCUT2D eigenvalue weighted by molar-refractivity contribution is 0.370. The van der Waals surface area contributed by atoms with Gasteiger partial charge in [-0.1, -0.05) is 0 Å². The van der Waals surface area contributed by atoms with Crippen LogP contribution in [0, 0.1) is 0 Å². The van der Waals surface area contributed by atoms with Gasteiger partial charge in [0.15, 0.2) is 0 Å². The number of nitrogens with zero attached hydrogens (tertiary/aromatic N) is 5. The first kappa shape index (κ1) is 17.1. The monoisotopic (exact) mass is 373 g/mol. The molecule has 0 unspecified atom stereocenters. The van der Waals surface area contributed by atoms with E-state index in [9.17, 15) is 0 Å². The van der Waals surface area contributed by atoms with Gasteiger partial charge in [0.25, 0.3) is 0 Å². The van der Waals surface area contributed by atoms with Gasteiger partial charge in [0.05, 0.1) is 28.4 Å². The van der Waals surface area contributed by atoms with E-state index in [0.717, 1.165) is 40.6 Å². The summed E-state index contributed by atoms with van der Waals surface area (Å²) in [7, 11) is 2.04. The SMILES string of the molecule is CN[C@H]1CC[C@H](Nc2ncc3c(-c4ccc5ncccc5n4)ccn3n2)CC1. The number of pyridine rings is 2. The lowest BCUT2D eigenvalue weighted by atomic mass is 9.91. The number of hydrogen-bond acceptors (Lipinski definition) is 6. The molecule has 0 saturated heterocycles. The van der Waals surface area contributed by atoms with E-state index in [-0.39, 0.29) is 0 Å². The molecule has 1 saturated carbocycles. The summed E-state index contributed by atoms with van der Waals surface area (Å²) in [6.07, 6.45) is 10.3. The number of rotatable bonds is 4. The molecule has 7 nitrogen and oxygen atoms in total. The maximum Gasteiger partial charge on any atom is 0.241 e.